The standard InChI is InChI=1S/C11H18N4O3S/c12-8(19)6-13-10(17)11(18)14-7-9(16)15-4-2-1-3-5-15/h1-7H2,(H2,12,19)(H,13,17)(H,14,18). The third-order valence-electron chi connectivity index (χ3n) is 2.74. The van der Waals surface area contributed by atoms with Crippen LogP contribution in [0.2, 0.25) is 0 Å². The molecule has 106 valence electrons. The van der Waals surface area contributed by atoms with Gasteiger partial charge < -0.3 is 21.3 Å². The lowest BCUT2D eigenvalue weighted by atomic mass is 10.1. The minimum Gasteiger partial charge on any atom is -0.392 e. The number of rotatable bonds is 4. The molecule has 0 aromatic heterocycles. The second-order valence-corrected chi connectivity index (χ2v) is 4.80. The lowest BCUT2D eigenvalue weighted by Crippen LogP contribution is -2.47. The van der Waals surface area contributed by atoms with Gasteiger partial charge in [-0.25, -0.2) is 0 Å². The number of nitrogens with two attached hydrogens (primary N) is 1. The van der Waals surface area contributed by atoms with Crippen molar-refractivity contribution in [2.45, 2.75) is 19.3 Å². The van der Waals surface area contributed by atoms with Crippen molar-refractivity contribution in [1.29, 1.82) is 0 Å². The molecule has 0 unspecified atom stereocenters. The van der Waals surface area contributed by atoms with Crippen LogP contribution in [0, 0.1) is 0 Å². The molecule has 0 radical (unpaired) electrons. The molecule has 3 amide bonds. The minimum atomic E-state index is -0.860. The van der Waals surface area contributed by atoms with Crippen LogP contribution in [0.5, 0.6) is 0 Å². The number of piperidine rings is 1. The first kappa shape index (κ1) is 15.4. The Hall–Kier alpha value is -1.70. The summed E-state index contributed by atoms with van der Waals surface area (Å²) in [6, 6.07) is 0. The highest BCUT2D eigenvalue weighted by Crippen LogP contribution is 2.07. The Kier molecular flexibility index (Phi) is 6.20. The zero-order chi connectivity index (χ0) is 14.3. The van der Waals surface area contributed by atoms with Gasteiger partial charge in [0.25, 0.3) is 0 Å². The van der Waals surface area contributed by atoms with Crippen molar-refractivity contribution in [2.24, 2.45) is 5.73 Å². The first-order chi connectivity index (χ1) is 9.00. The Bertz CT molecular complexity index is 380. The summed E-state index contributed by atoms with van der Waals surface area (Å²) in [5.41, 5.74) is 5.18. The molecule has 0 bridgehead atoms. The number of nitrogens with zero attached hydrogens (tertiary/aromatic N) is 1. The second-order valence-electron chi connectivity index (χ2n) is 4.27. The highest BCUT2D eigenvalue weighted by atomic mass is 32.1. The van der Waals surface area contributed by atoms with Gasteiger partial charge >= 0.3 is 11.8 Å². The zero-order valence-corrected chi connectivity index (χ0v) is 11.4. The van der Waals surface area contributed by atoms with Crippen molar-refractivity contribution in [1.82, 2.24) is 15.5 Å². The van der Waals surface area contributed by atoms with Gasteiger partial charge in [0.05, 0.1) is 18.1 Å². The molecule has 1 fully saturated rings. The Balaban J connectivity index is 2.26. The lowest BCUT2D eigenvalue weighted by molar-refractivity contribution is -0.140. The molecule has 19 heavy (non-hydrogen) atoms. The molecule has 0 aromatic carbocycles. The van der Waals surface area contributed by atoms with E-state index >= 15 is 0 Å². The smallest absolute Gasteiger partial charge is 0.309 e. The van der Waals surface area contributed by atoms with Gasteiger partial charge in [0.2, 0.25) is 5.91 Å². The summed E-state index contributed by atoms with van der Waals surface area (Å²) >= 11 is 4.56. The van der Waals surface area contributed by atoms with Crippen molar-refractivity contribution in [2.75, 3.05) is 26.2 Å². The molecule has 8 heteroatoms. The number of carbonyl (C=O) groups excluding carboxylic acids is 3. The van der Waals surface area contributed by atoms with Crippen LogP contribution in [0.1, 0.15) is 19.3 Å². The molecule has 0 saturated carbocycles. The normalized spacial score (nSPS) is 14.6. The highest BCUT2D eigenvalue weighted by molar-refractivity contribution is 7.80. The van der Waals surface area contributed by atoms with Gasteiger partial charge in [-0.05, 0) is 19.3 Å². The number of likely N-dealkylation sites (tertiary alicyclic amines) is 1. The molecular weight excluding hydrogens is 268 g/mol. The third kappa shape index (κ3) is 5.64. The van der Waals surface area contributed by atoms with Crippen molar-refractivity contribution < 1.29 is 14.4 Å². The number of thiocarbonyl (C=S) groups is 1. The van der Waals surface area contributed by atoms with Crippen LogP contribution >= 0.6 is 12.2 Å². The Morgan fingerprint density at radius 3 is 2.05 bits per heavy atom. The van der Waals surface area contributed by atoms with E-state index in [1.807, 2.05) is 0 Å². The molecule has 1 heterocycles. The van der Waals surface area contributed by atoms with E-state index in [4.69, 9.17) is 5.73 Å². The van der Waals surface area contributed by atoms with E-state index in [1.54, 1.807) is 4.90 Å². The van der Waals surface area contributed by atoms with Crippen molar-refractivity contribution in [3.8, 4) is 0 Å². The topological polar surface area (TPSA) is 105 Å². The largest absolute Gasteiger partial charge is 0.392 e. The summed E-state index contributed by atoms with van der Waals surface area (Å²) in [7, 11) is 0. The number of hydrogen-bond donors (Lipinski definition) is 3. The van der Waals surface area contributed by atoms with Crippen LogP contribution in [-0.4, -0.2) is 53.8 Å². The van der Waals surface area contributed by atoms with Gasteiger partial charge in [-0.2, -0.15) is 0 Å². The molecule has 7 nitrogen and oxygen atoms in total. The van der Waals surface area contributed by atoms with E-state index in [-0.39, 0.29) is 24.0 Å². The van der Waals surface area contributed by atoms with Gasteiger partial charge in [0.15, 0.2) is 0 Å². The number of carbonyl (C=O) groups is 3. The Labute approximate surface area is 116 Å². The quantitative estimate of drug-likeness (QED) is 0.432. The summed E-state index contributed by atoms with van der Waals surface area (Å²) < 4.78 is 0. The zero-order valence-electron chi connectivity index (χ0n) is 10.6. The fourth-order valence-electron chi connectivity index (χ4n) is 1.74. The maximum Gasteiger partial charge on any atom is 0.309 e. The fraction of sp³-hybridized carbons (Fsp3) is 0.636. The molecule has 0 atom stereocenters. The molecule has 1 aliphatic rings. The van der Waals surface area contributed by atoms with Gasteiger partial charge in [0, 0.05) is 13.1 Å². The lowest BCUT2D eigenvalue weighted by Gasteiger charge is -2.26. The van der Waals surface area contributed by atoms with Crippen molar-refractivity contribution in [3.05, 3.63) is 0 Å². The van der Waals surface area contributed by atoms with Gasteiger partial charge in [-0.15, -0.1) is 0 Å². The maximum absolute atomic E-state index is 11.7. The molecule has 1 aliphatic heterocycles. The molecule has 0 aliphatic carbocycles. The number of amides is 3. The third-order valence-corrected chi connectivity index (χ3v) is 2.88. The molecule has 0 aromatic rings. The molecular formula is C11H18N4O3S. The van der Waals surface area contributed by atoms with E-state index in [2.05, 4.69) is 22.9 Å². The van der Waals surface area contributed by atoms with E-state index in [0.717, 1.165) is 19.3 Å². The molecule has 4 N–H and O–H groups in total. The predicted molar refractivity (Wildman–Crippen MR) is 73.2 cm³/mol. The minimum absolute atomic E-state index is 0.0400. The van der Waals surface area contributed by atoms with Crippen LogP contribution in [-0.2, 0) is 14.4 Å². The summed E-state index contributed by atoms with van der Waals surface area (Å²) in [5, 5.41) is 4.52. The van der Waals surface area contributed by atoms with E-state index in [0.29, 0.717) is 13.1 Å². The fourth-order valence-corrected chi connectivity index (χ4v) is 1.81. The Morgan fingerprint density at radius 1 is 1.00 bits per heavy atom. The van der Waals surface area contributed by atoms with Crippen LogP contribution < -0.4 is 16.4 Å². The van der Waals surface area contributed by atoms with E-state index in [1.165, 1.54) is 0 Å². The second kappa shape index (κ2) is 7.67. The van der Waals surface area contributed by atoms with Gasteiger partial charge in [-0.3, -0.25) is 14.4 Å². The van der Waals surface area contributed by atoms with Crippen LogP contribution in [0.15, 0.2) is 0 Å². The predicted octanol–water partition coefficient (Wildman–Crippen LogP) is -1.48. The molecule has 0 spiro atoms. The summed E-state index contributed by atoms with van der Waals surface area (Å²) in [4.78, 5) is 36.1. The van der Waals surface area contributed by atoms with Crippen LogP contribution in [0.4, 0.5) is 0 Å². The summed E-state index contributed by atoms with van der Waals surface area (Å²) in [6.07, 6.45) is 3.08. The van der Waals surface area contributed by atoms with Crippen molar-refractivity contribution in [3.63, 3.8) is 0 Å². The summed E-state index contributed by atoms with van der Waals surface area (Å²) in [5.74, 6) is -1.88. The van der Waals surface area contributed by atoms with Gasteiger partial charge in [-0.1, -0.05) is 12.2 Å². The highest BCUT2D eigenvalue weighted by Gasteiger charge is 2.19. The summed E-state index contributed by atoms with van der Waals surface area (Å²) in [6.45, 7) is 1.21. The Morgan fingerprint density at radius 2 is 1.53 bits per heavy atom. The maximum atomic E-state index is 11.7. The average molecular weight is 286 g/mol. The average Bonchev–Trinajstić information content (AvgIpc) is 2.42. The van der Waals surface area contributed by atoms with Crippen LogP contribution in [0.25, 0.3) is 0 Å². The number of nitrogens with one attached hydrogen (secondary N) is 2. The number of hydrogen-bond acceptors (Lipinski definition) is 4. The van der Waals surface area contributed by atoms with E-state index in [9.17, 15) is 14.4 Å². The first-order valence-electron chi connectivity index (χ1n) is 6.13. The SMILES string of the molecule is NC(=S)CNC(=O)C(=O)NCC(=O)N1CCCCC1. The van der Waals surface area contributed by atoms with Crippen LogP contribution in [0.3, 0.4) is 0 Å². The first-order valence-corrected chi connectivity index (χ1v) is 6.53. The molecule has 1 saturated heterocycles. The molecule has 1 rings (SSSR count). The van der Waals surface area contributed by atoms with E-state index < -0.39 is 11.8 Å². The van der Waals surface area contributed by atoms with Gasteiger partial charge in [0.1, 0.15) is 0 Å². The van der Waals surface area contributed by atoms with Crippen molar-refractivity contribution >= 4 is 34.9 Å². The monoisotopic (exact) mass is 286 g/mol.